The summed E-state index contributed by atoms with van der Waals surface area (Å²) < 4.78 is 1.99. The van der Waals surface area contributed by atoms with Crippen LogP contribution in [0.2, 0.25) is 0 Å². The first-order chi connectivity index (χ1) is 13.2. The van der Waals surface area contributed by atoms with Crippen molar-refractivity contribution in [3.63, 3.8) is 0 Å². The quantitative estimate of drug-likeness (QED) is 0.886. The molecule has 0 bridgehead atoms. The van der Waals surface area contributed by atoms with Crippen molar-refractivity contribution in [2.45, 2.75) is 38.8 Å². The summed E-state index contributed by atoms with van der Waals surface area (Å²) in [6, 6.07) is 7.67. The largest absolute Gasteiger partial charge is 0.350 e. The first-order valence-corrected chi connectivity index (χ1v) is 9.68. The van der Waals surface area contributed by atoms with Gasteiger partial charge >= 0.3 is 0 Å². The van der Waals surface area contributed by atoms with E-state index in [-0.39, 0.29) is 23.7 Å². The van der Waals surface area contributed by atoms with Crippen LogP contribution >= 0.6 is 0 Å². The minimum Gasteiger partial charge on any atom is -0.350 e. The Hall–Kier alpha value is -2.70. The molecule has 2 aromatic rings. The van der Waals surface area contributed by atoms with E-state index in [9.17, 15) is 9.59 Å². The van der Waals surface area contributed by atoms with Crippen LogP contribution < -0.4 is 5.32 Å². The first-order valence-electron chi connectivity index (χ1n) is 9.68. The van der Waals surface area contributed by atoms with Crippen molar-refractivity contribution in [3.8, 4) is 0 Å². The summed E-state index contributed by atoms with van der Waals surface area (Å²) in [6.45, 7) is 2.59. The molecule has 0 saturated carbocycles. The van der Waals surface area contributed by atoms with Crippen molar-refractivity contribution in [2.24, 2.45) is 11.8 Å². The van der Waals surface area contributed by atoms with Crippen LogP contribution in [0.15, 0.2) is 36.7 Å². The van der Waals surface area contributed by atoms with Gasteiger partial charge in [0.25, 0.3) is 0 Å². The summed E-state index contributed by atoms with van der Waals surface area (Å²) in [4.78, 5) is 31.4. The highest BCUT2D eigenvalue weighted by molar-refractivity contribution is 5.81. The van der Waals surface area contributed by atoms with Gasteiger partial charge in [-0.3, -0.25) is 19.3 Å². The van der Waals surface area contributed by atoms with Gasteiger partial charge in [0.2, 0.25) is 11.8 Å². The SMILES string of the molecule is O=C(NCc1ccccn1)C1CCN(C(=O)C2CCn3nccc3C2)CC1. The zero-order chi connectivity index (χ0) is 18.6. The molecule has 4 rings (SSSR count). The lowest BCUT2D eigenvalue weighted by molar-refractivity contribution is -0.139. The molecule has 1 fully saturated rings. The summed E-state index contributed by atoms with van der Waals surface area (Å²) >= 11 is 0. The Kier molecular flexibility index (Phi) is 5.18. The molecule has 7 nitrogen and oxygen atoms in total. The van der Waals surface area contributed by atoms with Gasteiger partial charge in [-0.05, 0) is 37.5 Å². The third kappa shape index (κ3) is 4.02. The molecule has 1 atom stereocenters. The average molecular weight is 367 g/mol. The minimum absolute atomic E-state index is 0.0226. The van der Waals surface area contributed by atoms with Gasteiger partial charge < -0.3 is 10.2 Å². The number of carbonyl (C=O) groups excluding carboxylic acids is 2. The molecule has 2 aromatic heterocycles. The number of hydrogen-bond donors (Lipinski definition) is 1. The first kappa shape index (κ1) is 17.7. The standard InChI is InChI=1S/C20H25N5O2/c26-19(22-14-17-3-1-2-8-21-17)15-5-10-24(11-6-15)20(27)16-7-12-25-18(13-16)4-9-23-25/h1-4,8-9,15-16H,5-7,10-14H2,(H,22,26). The second kappa shape index (κ2) is 7.90. The normalized spacial score (nSPS) is 20.1. The fourth-order valence-electron chi connectivity index (χ4n) is 4.02. The molecule has 1 saturated heterocycles. The number of amides is 2. The lowest BCUT2D eigenvalue weighted by atomic mass is 9.91. The number of fused-ring (bicyclic) bond motifs is 1. The number of likely N-dealkylation sites (tertiary alicyclic amines) is 1. The second-order valence-corrected chi connectivity index (χ2v) is 7.37. The van der Waals surface area contributed by atoms with E-state index in [1.54, 1.807) is 12.4 Å². The molecule has 4 heterocycles. The molecule has 1 unspecified atom stereocenters. The Morgan fingerprint density at radius 2 is 1.85 bits per heavy atom. The molecule has 7 heteroatoms. The number of piperidine rings is 1. The van der Waals surface area contributed by atoms with Gasteiger partial charge in [-0.15, -0.1) is 0 Å². The maximum atomic E-state index is 12.9. The Balaban J connectivity index is 1.25. The van der Waals surface area contributed by atoms with Crippen LogP contribution in [0.5, 0.6) is 0 Å². The van der Waals surface area contributed by atoms with Crippen LogP contribution in [-0.4, -0.2) is 44.6 Å². The summed E-state index contributed by atoms with van der Waals surface area (Å²) in [6.07, 6.45) is 6.59. The number of carbonyl (C=O) groups is 2. The van der Waals surface area contributed by atoms with Crippen molar-refractivity contribution in [1.29, 1.82) is 0 Å². The Morgan fingerprint density at radius 3 is 2.63 bits per heavy atom. The predicted molar refractivity (Wildman–Crippen MR) is 99.4 cm³/mol. The molecule has 0 aliphatic carbocycles. The lowest BCUT2D eigenvalue weighted by Gasteiger charge is -2.34. The maximum Gasteiger partial charge on any atom is 0.226 e. The Labute approximate surface area is 158 Å². The molecule has 2 amide bonds. The van der Waals surface area contributed by atoms with E-state index in [1.165, 1.54) is 0 Å². The molecule has 0 aromatic carbocycles. The molecular weight excluding hydrogens is 342 g/mol. The van der Waals surface area contributed by atoms with Gasteiger partial charge in [0.1, 0.15) is 0 Å². The van der Waals surface area contributed by atoms with Gasteiger partial charge in [0.15, 0.2) is 0 Å². The van der Waals surface area contributed by atoms with Gasteiger partial charge in [0, 0.05) is 56.0 Å². The summed E-state index contributed by atoms with van der Waals surface area (Å²) in [5.74, 6) is 0.318. The van der Waals surface area contributed by atoms with E-state index in [1.807, 2.05) is 33.8 Å². The summed E-state index contributed by atoms with van der Waals surface area (Å²) in [5, 5.41) is 7.24. The molecule has 142 valence electrons. The summed E-state index contributed by atoms with van der Waals surface area (Å²) in [7, 11) is 0. The zero-order valence-corrected chi connectivity index (χ0v) is 15.4. The summed E-state index contributed by atoms with van der Waals surface area (Å²) in [5.41, 5.74) is 2.00. The molecule has 0 spiro atoms. The smallest absolute Gasteiger partial charge is 0.226 e. The minimum atomic E-state index is -0.0226. The van der Waals surface area contributed by atoms with Crippen LogP contribution in [0.25, 0.3) is 0 Å². The van der Waals surface area contributed by atoms with Gasteiger partial charge in [-0.25, -0.2) is 0 Å². The fraction of sp³-hybridized carbons (Fsp3) is 0.500. The number of aromatic nitrogens is 3. The Morgan fingerprint density at radius 1 is 1.04 bits per heavy atom. The van der Waals surface area contributed by atoms with Crippen LogP contribution in [0.4, 0.5) is 0 Å². The molecule has 2 aliphatic rings. The Bertz CT molecular complexity index is 796. The monoisotopic (exact) mass is 367 g/mol. The topological polar surface area (TPSA) is 80.1 Å². The highest BCUT2D eigenvalue weighted by atomic mass is 16.2. The third-order valence-corrected chi connectivity index (χ3v) is 5.65. The van der Waals surface area contributed by atoms with Crippen LogP contribution in [0.1, 0.15) is 30.7 Å². The van der Waals surface area contributed by atoms with Crippen molar-refractivity contribution in [2.75, 3.05) is 13.1 Å². The van der Waals surface area contributed by atoms with Crippen molar-refractivity contribution in [3.05, 3.63) is 48.0 Å². The van der Waals surface area contributed by atoms with E-state index in [4.69, 9.17) is 0 Å². The second-order valence-electron chi connectivity index (χ2n) is 7.37. The molecule has 2 aliphatic heterocycles. The van der Waals surface area contributed by atoms with Crippen LogP contribution in [0.3, 0.4) is 0 Å². The third-order valence-electron chi connectivity index (χ3n) is 5.65. The number of nitrogens with one attached hydrogen (secondary N) is 1. The number of hydrogen-bond acceptors (Lipinski definition) is 4. The van der Waals surface area contributed by atoms with Crippen molar-refractivity contribution < 1.29 is 9.59 Å². The lowest BCUT2D eigenvalue weighted by Crippen LogP contribution is -2.46. The van der Waals surface area contributed by atoms with Gasteiger partial charge in [-0.2, -0.15) is 5.10 Å². The molecular formula is C20H25N5O2. The van der Waals surface area contributed by atoms with E-state index >= 15 is 0 Å². The highest BCUT2D eigenvalue weighted by Crippen LogP contribution is 2.25. The number of pyridine rings is 1. The van der Waals surface area contributed by atoms with Crippen molar-refractivity contribution >= 4 is 11.8 Å². The predicted octanol–water partition coefficient (Wildman–Crippen LogP) is 1.40. The van der Waals surface area contributed by atoms with Gasteiger partial charge in [-0.1, -0.05) is 6.07 Å². The number of aryl methyl sites for hydroxylation is 1. The van der Waals surface area contributed by atoms with E-state index in [0.29, 0.717) is 19.6 Å². The van der Waals surface area contributed by atoms with Crippen LogP contribution in [-0.2, 0) is 29.1 Å². The zero-order valence-electron chi connectivity index (χ0n) is 15.4. The fourth-order valence-corrected chi connectivity index (χ4v) is 4.02. The van der Waals surface area contributed by atoms with E-state index in [2.05, 4.69) is 15.4 Å². The molecule has 27 heavy (non-hydrogen) atoms. The maximum absolute atomic E-state index is 12.9. The molecule has 1 N–H and O–H groups in total. The van der Waals surface area contributed by atoms with Crippen LogP contribution in [0, 0.1) is 11.8 Å². The van der Waals surface area contributed by atoms with Crippen molar-refractivity contribution in [1.82, 2.24) is 25.0 Å². The van der Waals surface area contributed by atoms with E-state index in [0.717, 1.165) is 43.6 Å². The van der Waals surface area contributed by atoms with Gasteiger partial charge in [0.05, 0.1) is 12.2 Å². The number of nitrogens with zero attached hydrogens (tertiary/aromatic N) is 4. The molecule has 0 radical (unpaired) electrons. The highest BCUT2D eigenvalue weighted by Gasteiger charge is 2.32. The number of rotatable bonds is 4. The van der Waals surface area contributed by atoms with E-state index < -0.39 is 0 Å². The average Bonchev–Trinajstić information content (AvgIpc) is 3.20.